The third kappa shape index (κ3) is 2.24. The number of amides is 2. The van der Waals surface area contributed by atoms with Gasteiger partial charge in [0.05, 0.1) is 12.1 Å². The van der Waals surface area contributed by atoms with Crippen LogP contribution >= 0.6 is 0 Å². The van der Waals surface area contributed by atoms with E-state index in [-0.39, 0.29) is 23.9 Å². The maximum Gasteiger partial charge on any atom is 0.268 e. The Morgan fingerprint density at radius 1 is 1.50 bits per heavy atom. The van der Waals surface area contributed by atoms with E-state index in [1.165, 1.54) is 0 Å². The first-order valence-corrected chi connectivity index (χ1v) is 5.61. The Morgan fingerprint density at radius 2 is 2.22 bits per heavy atom. The standard InChI is InChI=1S/C11H15N5O2/c1-6-8(7(2)16(3)15-6)5-12-11(18)9-4-10(17)14-13-9/h4-5H2,1-3H3,(H,12,18)(H,14,17). The van der Waals surface area contributed by atoms with Crippen molar-refractivity contribution in [1.82, 2.24) is 20.5 Å². The van der Waals surface area contributed by atoms with Crippen molar-refractivity contribution in [3.05, 3.63) is 17.0 Å². The van der Waals surface area contributed by atoms with Crippen LogP contribution in [0.2, 0.25) is 0 Å². The maximum atomic E-state index is 11.7. The molecular weight excluding hydrogens is 234 g/mol. The molecule has 0 atom stereocenters. The lowest BCUT2D eigenvalue weighted by atomic mass is 10.2. The molecule has 2 amide bonds. The molecule has 7 heteroatoms. The Kier molecular flexibility index (Phi) is 3.14. The van der Waals surface area contributed by atoms with Crippen molar-refractivity contribution in [2.75, 3.05) is 0 Å². The van der Waals surface area contributed by atoms with Crippen LogP contribution in [0, 0.1) is 13.8 Å². The molecule has 1 aromatic rings. The van der Waals surface area contributed by atoms with Gasteiger partial charge in [0.25, 0.3) is 5.91 Å². The van der Waals surface area contributed by atoms with E-state index in [0.29, 0.717) is 6.54 Å². The first kappa shape index (κ1) is 12.3. The number of carbonyl (C=O) groups excluding carboxylic acids is 2. The van der Waals surface area contributed by atoms with Gasteiger partial charge in [-0.15, -0.1) is 0 Å². The number of hydrogen-bond donors (Lipinski definition) is 2. The third-order valence-corrected chi connectivity index (χ3v) is 2.99. The summed E-state index contributed by atoms with van der Waals surface area (Å²) in [6, 6.07) is 0. The molecule has 7 nitrogen and oxygen atoms in total. The number of nitrogens with one attached hydrogen (secondary N) is 2. The summed E-state index contributed by atoms with van der Waals surface area (Å²) in [7, 11) is 1.86. The summed E-state index contributed by atoms with van der Waals surface area (Å²) < 4.78 is 1.77. The summed E-state index contributed by atoms with van der Waals surface area (Å²) in [4.78, 5) is 22.7. The summed E-state index contributed by atoms with van der Waals surface area (Å²) in [5.74, 6) is -0.579. The minimum absolute atomic E-state index is 0.0385. The number of rotatable bonds is 3. The molecule has 2 heterocycles. The lowest BCUT2D eigenvalue weighted by Gasteiger charge is -2.04. The van der Waals surface area contributed by atoms with Gasteiger partial charge in [-0.25, -0.2) is 5.43 Å². The van der Waals surface area contributed by atoms with Gasteiger partial charge in [-0.1, -0.05) is 0 Å². The molecule has 0 unspecified atom stereocenters. The molecule has 0 fully saturated rings. The third-order valence-electron chi connectivity index (χ3n) is 2.99. The molecule has 0 aliphatic carbocycles. The van der Waals surface area contributed by atoms with E-state index in [1.54, 1.807) is 4.68 Å². The SMILES string of the molecule is Cc1nn(C)c(C)c1CNC(=O)C1=NNC(=O)C1. The average molecular weight is 249 g/mol. The van der Waals surface area contributed by atoms with E-state index < -0.39 is 0 Å². The zero-order chi connectivity index (χ0) is 13.3. The molecule has 0 saturated heterocycles. The Hall–Kier alpha value is -2.18. The molecule has 96 valence electrons. The average Bonchev–Trinajstić information content (AvgIpc) is 2.83. The van der Waals surface area contributed by atoms with Gasteiger partial charge in [0, 0.05) is 24.8 Å². The molecule has 0 spiro atoms. The summed E-state index contributed by atoms with van der Waals surface area (Å²) in [6.07, 6.45) is 0.0385. The topological polar surface area (TPSA) is 88.4 Å². The van der Waals surface area contributed by atoms with E-state index in [0.717, 1.165) is 17.0 Å². The Balaban J connectivity index is 2.00. The largest absolute Gasteiger partial charge is 0.347 e. The normalized spacial score (nSPS) is 14.4. The van der Waals surface area contributed by atoms with E-state index >= 15 is 0 Å². The number of nitrogens with zero attached hydrogens (tertiary/aromatic N) is 3. The van der Waals surface area contributed by atoms with E-state index in [9.17, 15) is 9.59 Å². The van der Waals surface area contributed by atoms with Crippen molar-refractivity contribution in [2.24, 2.45) is 12.1 Å². The number of hydrazone groups is 1. The van der Waals surface area contributed by atoms with E-state index in [1.807, 2.05) is 20.9 Å². The van der Waals surface area contributed by atoms with Gasteiger partial charge in [0.1, 0.15) is 5.71 Å². The highest BCUT2D eigenvalue weighted by atomic mass is 16.2. The molecule has 2 rings (SSSR count). The van der Waals surface area contributed by atoms with Crippen molar-refractivity contribution in [1.29, 1.82) is 0 Å². The van der Waals surface area contributed by atoms with Crippen molar-refractivity contribution in [3.63, 3.8) is 0 Å². The molecule has 1 aromatic heterocycles. The second-order valence-electron chi connectivity index (χ2n) is 4.23. The first-order valence-electron chi connectivity index (χ1n) is 5.61. The summed E-state index contributed by atoms with van der Waals surface area (Å²) >= 11 is 0. The highest BCUT2D eigenvalue weighted by molar-refractivity contribution is 6.43. The molecule has 1 aliphatic heterocycles. The van der Waals surface area contributed by atoms with Crippen molar-refractivity contribution in [3.8, 4) is 0 Å². The quantitative estimate of drug-likeness (QED) is 0.759. The van der Waals surface area contributed by atoms with Gasteiger partial charge in [-0.05, 0) is 13.8 Å². The van der Waals surface area contributed by atoms with Crippen molar-refractivity contribution < 1.29 is 9.59 Å². The van der Waals surface area contributed by atoms with Gasteiger partial charge < -0.3 is 5.32 Å². The molecule has 1 aliphatic rings. The lowest BCUT2D eigenvalue weighted by Crippen LogP contribution is -2.30. The fourth-order valence-electron chi connectivity index (χ4n) is 1.84. The number of aryl methyl sites for hydroxylation is 2. The van der Waals surface area contributed by atoms with Crippen molar-refractivity contribution in [2.45, 2.75) is 26.8 Å². The van der Waals surface area contributed by atoms with Crippen LogP contribution < -0.4 is 10.7 Å². The lowest BCUT2D eigenvalue weighted by molar-refractivity contribution is -0.120. The van der Waals surface area contributed by atoms with E-state index in [4.69, 9.17) is 0 Å². The smallest absolute Gasteiger partial charge is 0.268 e. The number of carbonyl (C=O) groups is 2. The van der Waals surface area contributed by atoms with Gasteiger partial charge >= 0.3 is 0 Å². The Bertz CT molecular complexity index is 544. The molecule has 0 bridgehead atoms. The summed E-state index contributed by atoms with van der Waals surface area (Å²) in [5, 5.41) is 10.7. The van der Waals surface area contributed by atoms with Gasteiger partial charge in [-0.3, -0.25) is 14.3 Å². The Morgan fingerprint density at radius 3 is 2.72 bits per heavy atom. The van der Waals surface area contributed by atoms with Crippen molar-refractivity contribution >= 4 is 17.5 Å². The predicted molar refractivity (Wildman–Crippen MR) is 64.7 cm³/mol. The van der Waals surface area contributed by atoms with Crippen LogP contribution in [0.4, 0.5) is 0 Å². The van der Waals surface area contributed by atoms with Crippen LogP contribution in [0.15, 0.2) is 5.10 Å². The predicted octanol–water partition coefficient (Wildman–Crippen LogP) is -0.471. The molecule has 0 radical (unpaired) electrons. The van der Waals surface area contributed by atoms with Gasteiger partial charge in [0.15, 0.2) is 0 Å². The Labute approximate surface area is 104 Å². The highest BCUT2D eigenvalue weighted by Gasteiger charge is 2.21. The van der Waals surface area contributed by atoms with Crippen LogP contribution in [-0.4, -0.2) is 27.3 Å². The summed E-state index contributed by atoms with van der Waals surface area (Å²) in [5.41, 5.74) is 5.35. The minimum Gasteiger partial charge on any atom is -0.347 e. The molecule has 2 N–H and O–H groups in total. The summed E-state index contributed by atoms with van der Waals surface area (Å²) in [6.45, 7) is 4.23. The first-order chi connectivity index (χ1) is 8.49. The fraction of sp³-hybridized carbons (Fsp3) is 0.455. The van der Waals surface area contributed by atoms with Gasteiger partial charge in [0.2, 0.25) is 5.91 Å². The minimum atomic E-state index is -0.323. The van der Waals surface area contributed by atoms with Crippen LogP contribution in [0.1, 0.15) is 23.4 Å². The maximum absolute atomic E-state index is 11.7. The zero-order valence-corrected chi connectivity index (χ0v) is 10.6. The van der Waals surface area contributed by atoms with Crippen LogP contribution in [0.25, 0.3) is 0 Å². The highest BCUT2D eigenvalue weighted by Crippen LogP contribution is 2.11. The van der Waals surface area contributed by atoms with Gasteiger partial charge in [-0.2, -0.15) is 10.2 Å². The molecule has 18 heavy (non-hydrogen) atoms. The fourth-order valence-corrected chi connectivity index (χ4v) is 1.84. The second-order valence-corrected chi connectivity index (χ2v) is 4.23. The number of aromatic nitrogens is 2. The van der Waals surface area contributed by atoms with Crippen LogP contribution in [0.3, 0.4) is 0 Å². The van der Waals surface area contributed by atoms with Crippen LogP contribution in [-0.2, 0) is 23.2 Å². The van der Waals surface area contributed by atoms with Crippen LogP contribution in [0.5, 0.6) is 0 Å². The number of hydrogen-bond acceptors (Lipinski definition) is 4. The monoisotopic (exact) mass is 249 g/mol. The zero-order valence-electron chi connectivity index (χ0n) is 10.6. The van der Waals surface area contributed by atoms with E-state index in [2.05, 4.69) is 20.9 Å². The molecular formula is C11H15N5O2. The molecule has 0 saturated carbocycles. The molecule has 0 aromatic carbocycles. The second kappa shape index (κ2) is 4.59.